The van der Waals surface area contributed by atoms with Crippen LogP contribution in [0.25, 0.3) is 16.7 Å². The number of nitrogens with one attached hydrogen (secondary N) is 1. The highest BCUT2D eigenvalue weighted by Crippen LogP contribution is 2.33. The zero-order chi connectivity index (χ0) is 20.7. The first-order chi connectivity index (χ1) is 14.6. The van der Waals surface area contributed by atoms with E-state index in [1.54, 1.807) is 40.0 Å². The number of rotatable bonds is 4. The summed E-state index contributed by atoms with van der Waals surface area (Å²) in [7, 11) is 0. The average molecular weight is 418 g/mol. The molecule has 0 spiro atoms. The third kappa shape index (κ3) is 3.26. The average Bonchev–Trinajstić information content (AvgIpc) is 3.34. The Bertz CT molecular complexity index is 1300. The predicted molar refractivity (Wildman–Crippen MR) is 115 cm³/mol. The largest absolute Gasteiger partial charge is 0.325 e. The molecule has 0 fully saturated rings. The molecule has 1 aliphatic rings. The van der Waals surface area contributed by atoms with E-state index in [2.05, 4.69) is 15.4 Å². The van der Waals surface area contributed by atoms with Gasteiger partial charge < -0.3 is 5.32 Å². The third-order valence-electron chi connectivity index (χ3n) is 5.02. The van der Waals surface area contributed by atoms with E-state index in [1.165, 1.54) is 11.8 Å². The van der Waals surface area contributed by atoms with Gasteiger partial charge in [0.05, 0.1) is 29.8 Å². The lowest BCUT2D eigenvalue weighted by Gasteiger charge is -2.13. The molecule has 0 saturated heterocycles. The fourth-order valence-electron chi connectivity index (χ4n) is 3.52. The van der Waals surface area contributed by atoms with Gasteiger partial charge in [-0.3, -0.25) is 19.1 Å². The molecule has 1 unspecified atom stereocenters. The van der Waals surface area contributed by atoms with Crippen LogP contribution in [0.2, 0.25) is 0 Å². The number of aryl methyl sites for hydroxylation is 1. The molecular weight excluding hydrogens is 400 g/mol. The van der Waals surface area contributed by atoms with E-state index in [9.17, 15) is 9.59 Å². The van der Waals surface area contributed by atoms with Crippen LogP contribution in [0.1, 0.15) is 18.0 Å². The Morgan fingerprint density at radius 3 is 2.83 bits per heavy atom. The molecule has 4 heterocycles. The van der Waals surface area contributed by atoms with Crippen molar-refractivity contribution in [3.05, 3.63) is 70.9 Å². The number of carbonyl (C=O) groups excluding carboxylic acids is 1. The Hall–Kier alpha value is -3.46. The quantitative estimate of drug-likeness (QED) is 0.512. The number of hydrogen-bond acceptors (Lipinski definition) is 6. The van der Waals surface area contributed by atoms with Gasteiger partial charge in [0.2, 0.25) is 5.91 Å². The molecule has 1 atom stereocenters. The summed E-state index contributed by atoms with van der Waals surface area (Å²) in [6.45, 7) is 2.02. The van der Waals surface area contributed by atoms with Crippen LogP contribution in [-0.2, 0) is 4.79 Å². The fourth-order valence-corrected chi connectivity index (χ4v) is 4.65. The van der Waals surface area contributed by atoms with E-state index < -0.39 is 0 Å². The number of carbonyl (C=O) groups is 1. The number of nitrogens with zero attached hydrogens (tertiary/aromatic N) is 5. The van der Waals surface area contributed by atoms with E-state index in [1.807, 2.05) is 31.2 Å². The molecule has 30 heavy (non-hydrogen) atoms. The van der Waals surface area contributed by atoms with Crippen molar-refractivity contribution < 1.29 is 4.79 Å². The van der Waals surface area contributed by atoms with Crippen molar-refractivity contribution in [3.8, 4) is 5.69 Å². The van der Waals surface area contributed by atoms with Gasteiger partial charge in [-0.15, -0.1) is 0 Å². The number of hydrogen-bond donors (Lipinski definition) is 1. The maximum atomic E-state index is 13.2. The number of thioether (sulfide) groups is 1. The van der Waals surface area contributed by atoms with Crippen molar-refractivity contribution >= 4 is 34.4 Å². The zero-order valence-corrected chi connectivity index (χ0v) is 17.0. The molecular formula is C21H18N6O2S. The summed E-state index contributed by atoms with van der Waals surface area (Å²) in [6, 6.07) is 11.2. The second kappa shape index (κ2) is 7.42. The fraction of sp³-hybridized carbons (Fsp3) is 0.190. The molecule has 0 radical (unpaired) electrons. The Balaban J connectivity index is 1.46. The van der Waals surface area contributed by atoms with Crippen LogP contribution in [0.15, 0.2) is 64.9 Å². The first kappa shape index (κ1) is 18.6. The molecule has 8 nitrogen and oxygen atoms in total. The topological polar surface area (TPSA) is 94.7 Å². The van der Waals surface area contributed by atoms with Gasteiger partial charge in [0.15, 0.2) is 10.8 Å². The maximum absolute atomic E-state index is 13.2. The van der Waals surface area contributed by atoms with E-state index in [-0.39, 0.29) is 23.9 Å². The van der Waals surface area contributed by atoms with Crippen molar-refractivity contribution in [1.29, 1.82) is 0 Å². The van der Waals surface area contributed by atoms with Crippen LogP contribution in [0.3, 0.4) is 0 Å². The maximum Gasteiger partial charge on any atom is 0.265 e. The lowest BCUT2D eigenvalue weighted by molar-refractivity contribution is -0.116. The summed E-state index contributed by atoms with van der Waals surface area (Å²) in [5.74, 6) is 0.455. The molecule has 4 aromatic rings. The minimum absolute atomic E-state index is 0.163. The molecule has 0 aliphatic carbocycles. The third-order valence-corrected chi connectivity index (χ3v) is 6.11. The van der Waals surface area contributed by atoms with Crippen molar-refractivity contribution in [2.45, 2.75) is 24.5 Å². The minimum atomic E-state index is -0.256. The summed E-state index contributed by atoms with van der Waals surface area (Å²) >= 11 is 1.48. The Morgan fingerprint density at radius 1 is 1.23 bits per heavy atom. The molecule has 1 amide bonds. The second-order valence-corrected chi connectivity index (χ2v) is 8.14. The van der Waals surface area contributed by atoms with Gasteiger partial charge in [-0.1, -0.05) is 29.5 Å². The van der Waals surface area contributed by atoms with Crippen LogP contribution >= 0.6 is 11.8 Å². The smallest absolute Gasteiger partial charge is 0.265 e. The summed E-state index contributed by atoms with van der Waals surface area (Å²) in [4.78, 5) is 34.3. The van der Waals surface area contributed by atoms with Gasteiger partial charge in [0.25, 0.3) is 5.56 Å². The molecule has 3 aromatic heterocycles. The summed E-state index contributed by atoms with van der Waals surface area (Å²) in [5, 5.41) is 8.26. The number of amides is 1. The highest BCUT2D eigenvalue weighted by Gasteiger charge is 2.29. The number of anilines is 1. The highest BCUT2D eigenvalue weighted by molar-refractivity contribution is 7.99. The van der Waals surface area contributed by atoms with E-state index in [0.29, 0.717) is 27.6 Å². The minimum Gasteiger partial charge on any atom is -0.325 e. The van der Waals surface area contributed by atoms with Crippen LogP contribution in [0.5, 0.6) is 0 Å². The molecule has 0 bridgehead atoms. The van der Waals surface area contributed by atoms with Crippen LogP contribution in [0, 0.1) is 6.92 Å². The number of benzene rings is 1. The second-order valence-electron chi connectivity index (χ2n) is 7.16. The van der Waals surface area contributed by atoms with Crippen molar-refractivity contribution in [2.24, 2.45) is 0 Å². The summed E-state index contributed by atoms with van der Waals surface area (Å²) in [6.07, 6.45) is 4.97. The van der Waals surface area contributed by atoms with Gasteiger partial charge in [0, 0.05) is 18.4 Å². The van der Waals surface area contributed by atoms with Crippen molar-refractivity contribution in [2.75, 3.05) is 11.1 Å². The van der Waals surface area contributed by atoms with E-state index in [4.69, 9.17) is 4.98 Å². The normalized spacial score (nSPS) is 15.3. The molecule has 1 aliphatic heterocycles. The van der Waals surface area contributed by atoms with Gasteiger partial charge in [0.1, 0.15) is 5.39 Å². The zero-order valence-electron chi connectivity index (χ0n) is 16.1. The Labute approximate surface area is 176 Å². The standard InChI is InChI=1S/C21H18N6O2S/c1-13-4-6-15(7-5-13)27-19-17(11-23-27)20(29)26-16(12-30-21(26)25-19)9-18(28)24-14-3-2-8-22-10-14/h2-8,10-11,16H,9,12H2,1H3,(H,24,28). The number of pyridine rings is 1. The van der Waals surface area contributed by atoms with E-state index in [0.717, 1.165) is 11.3 Å². The molecule has 0 saturated carbocycles. The predicted octanol–water partition coefficient (Wildman–Crippen LogP) is 2.96. The van der Waals surface area contributed by atoms with Crippen molar-refractivity contribution in [1.82, 2.24) is 24.3 Å². The molecule has 9 heteroatoms. The SMILES string of the molecule is Cc1ccc(-n2ncc3c(=O)n4c(nc32)SCC4CC(=O)Nc2cccnc2)cc1. The van der Waals surface area contributed by atoms with Gasteiger partial charge in [-0.2, -0.15) is 5.10 Å². The lowest BCUT2D eigenvalue weighted by atomic mass is 10.2. The molecule has 1 N–H and O–H groups in total. The Kier molecular flexibility index (Phi) is 4.59. The summed E-state index contributed by atoms with van der Waals surface area (Å²) in [5.41, 5.74) is 2.99. The number of aromatic nitrogens is 5. The van der Waals surface area contributed by atoms with Gasteiger partial charge in [-0.05, 0) is 31.2 Å². The molecule has 5 rings (SSSR count). The first-order valence-electron chi connectivity index (χ1n) is 9.50. The van der Waals surface area contributed by atoms with Gasteiger partial charge in [-0.25, -0.2) is 9.67 Å². The van der Waals surface area contributed by atoms with Gasteiger partial charge >= 0.3 is 0 Å². The molecule has 150 valence electrons. The van der Waals surface area contributed by atoms with Crippen LogP contribution < -0.4 is 10.9 Å². The van der Waals surface area contributed by atoms with E-state index >= 15 is 0 Å². The van der Waals surface area contributed by atoms with Crippen molar-refractivity contribution in [3.63, 3.8) is 0 Å². The monoisotopic (exact) mass is 418 g/mol. The highest BCUT2D eigenvalue weighted by atomic mass is 32.2. The first-order valence-corrected chi connectivity index (χ1v) is 10.5. The summed E-state index contributed by atoms with van der Waals surface area (Å²) < 4.78 is 3.30. The Morgan fingerprint density at radius 2 is 2.07 bits per heavy atom. The molecule has 1 aromatic carbocycles. The van der Waals surface area contributed by atoms with Crippen LogP contribution in [-0.4, -0.2) is 36.0 Å². The lowest BCUT2D eigenvalue weighted by Crippen LogP contribution is -2.27. The van der Waals surface area contributed by atoms with Crippen LogP contribution in [0.4, 0.5) is 5.69 Å². The number of fused-ring (bicyclic) bond motifs is 2.